The van der Waals surface area contributed by atoms with Crippen LogP contribution in [0.25, 0.3) is 0 Å². The molecule has 1 aromatic rings. The van der Waals surface area contributed by atoms with Crippen molar-refractivity contribution in [2.45, 2.75) is 24.3 Å². The number of hydrogen-bond acceptors (Lipinski definition) is 4. The number of hydrogen-bond donors (Lipinski definition) is 3. The van der Waals surface area contributed by atoms with E-state index in [1.807, 2.05) is 6.92 Å². The smallest absolute Gasteiger partial charge is 0.240 e. The van der Waals surface area contributed by atoms with E-state index >= 15 is 0 Å². The fraction of sp³-hybridized carbons (Fsp3) is 0.455. The zero-order valence-electron chi connectivity index (χ0n) is 10.3. The number of nitrogens with one attached hydrogen (secondary N) is 2. The molecular weight excluding hydrogens is 259 g/mol. The van der Waals surface area contributed by atoms with Gasteiger partial charge in [-0.05, 0) is 31.7 Å². The van der Waals surface area contributed by atoms with Gasteiger partial charge in [0.1, 0.15) is 5.82 Å². The summed E-state index contributed by atoms with van der Waals surface area (Å²) in [6, 6.07) is 3.34. The van der Waals surface area contributed by atoms with E-state index in [0.717, 1.165) is 6.07 Å². The fourth-order valence-electron chi connectivity index (χ4n) is 1.39. The molecule has 5 nitrogen and oxygen atoms in total. The molecule has 0 spiro atoms. The van der Waals surface area contributed by atoms with Crippen LogP contribution in [-0.2, 0) is 10.0 Å². The van der Waals surface area contributed by atoms with Crippen molar-refractivity contribution in [1.29, 1.82) is 0 Å². The highest BCUT2D eigenvalue weighted by Gasteiger charge is 2.15. The maximum absolute atomic E-state index is 13.7. The number of aliphatic hydroxyl groups is 1. The molecule has 1 atom stereocenters. The van der Waals surface area contributed by atoms with Gasteiger partial charge in [0.25, 0.3) is 0 Å². The van der Waals surface area contributed by atoms with Gasteiger partial charge in [0, 0.05) is 6.04 Å². The Morgan fingerprint density at radius 3 is 2.56 bits per heavy atom. The second-order valence-electron chi connectivity index (χ2n) is 3.78. The highest BCUT2D eigenvalue weighted by Crippen LogP contribution is 2.19. The molecule has 0 aliphatic heterocycles. The number of halogens is 1. The Hall–Kier alpha value is -1.18. The predicted molar refractivity (Wildman–Crippen MR) is 67.4 cm³/mol. The number of sulfonamides is 1. The molecule has 7 heteroatoms. The minimum atomic E-state index is -3.64. The Kier molecular flexibility index (Phi) is 5.06. The van der Waals surface area contributed by atoms with Crippen molar-refractivity contribution < 1.29 is 17.9 Å². The first kappa shape index (κ1) is 14.9. The van der Waals surface area contributed by atoms with Crippen molar-refractivity contribution in [3.05, 3.63) is 24.0 Å². The Labute approximate surface area is 106 Å². The normalized spacial score (nSPS) is 13.3. The Balaban J connectivity index is 3.00. The third-order valence-electron chi connectivity index (χ3n) is 2.59. The van der Waals surface area contributed by atoms with Crippen LogP contribution in [0, 0.1) is 5.82 Å². The quantitative estimate of drug-likeness (QED) is 0.722. The van der Waals surface area contributed by atoms with Gasteiger partial charge in [-0.15, -0.1) is 0 Å². The topological polar surface area (TPSA) is 78.4 Å². The van der Waals surface area contributed by atoms with E-state index in [-0.39, 0.29) is 23.2 Å². The minimum Gasteiger partial charge on any atom is -0.394 e. The van der Waals surface area contributed by atoms with Crippen LogP contribution in [0.5, 0.6) is 0 Å². The Morgan fingerprint density at radius 2 is 2.11 bits per heavy atom. The number of benzene rings is 1. The summed E-state index contributed by atoms with van der Waals surface area (Å²) in [5, 5.41) is 11.8. The molecule has 0 radical (unpaired) electrons. The summed E-state index contributed by atoms with van der Waals surface area (Å²) in [5.74, 6) is -0.668. The first-order valence-corrected chi connectivity index (χ1v) is 7.03. The van der Waals surface area contributed by atoms with Crippen molar-refractivity contribution in [3.63, 3.8) is 0 Å². The average Bonchev–Trinajstić information content (AvgIpc) is 2.37. The van der Waals surface area contributed by atoms with Crippen LogP contribution in [0.3, 0.4) is 0 Å². The first-order valence-electron chi connectivity index (χ1n) is 5.55. The third-order valence-corrected chi connectivity index (χ3v) is 4.00. The molecule has 0 saturated carbocycles. The molecule has 0 bridgehead atoms. The average molecular weight is 276 g/mol. The van der Waals surface area contributed by atoms with Crippen LogP contribution < -0.4 is 10.0 Å². The van der Waals surface area contributed by atoms with Crippen LogP contribution in [0.2, 0.25) is 0 Å². The zero-order chi connectivity index (χ0) is 13.8. The van der Waals surface area contributed by atoms with Crippen LogP contribution in [0.4, 0.5) is 10.1 Å². The van der Waals surface area contributed by atoms with Gasteiger partial charge in [-0.2, -0.15) is 0 Å². The van der Waals surface area contributed by atoms with E-state index in [4.69, 9.17) is 5.11 Å². The SMILES string of the molecule is CC[C@H](CO)Nc1ccc(S(=O)(=O)NC)cc1F. The van der Waals surface area contributed by atoms with Gasteiger partial charge in [0.2, 0.25) is 10.0 Å². The number of aliphatic hydroxyl groups excluding tert-OH is 1. The first-order chi connectivity index (χ1) is 8.44. The summed E-state index contributed by atoms with van der Waals surface area (Å²) in [6.07, 6.45) is 0.631. The van der Waals surface area contributed by atoms with Crippen molar-refractivity contribution in [3.8, 4) is 0 Å². The molecule has 0 heterocycles. The van der Waals surface area contributed by atoms with E-state index < -0.39 is 15.8 Å². The van der Waals surface area contributed by atoms with Gasteiger partial charge in [-0.25, -0.2) is 17.5 Å². The van der Waals surface area contributed by atoms with Crippen LogP contribution in [0.1, 0.15) is 13.3 Å². The van der Waals surface area contributed by atoms with Gasteiger partial charge in [-0.3, -0.25) is 0 Å². The molecule has 1 aromatic carbocycles. The molecule has 0 saturated heterocycles. The van der Waals surface area contributed by atoms with E-state index in [9.17, 15) is 12.8 Å². The van der Waals surface area contributed by atoms with Crippen molar-refractivity contribution in [2.75, 3.05) is 19.0 Å². The molecule has 0 aliphatic carbocycles. The summed E-state index contributed by atoms with van der Waals surface area (Å²) in [5.41, 5.74) is 0.172. The zero-order valence-corrected chi connectivity index (χ0v) is 11.1. The largest absolute Gasteiger partial charge is 0.394 e. The van der Waals surface area contributed by atoms with Crippen molar-refractivity contribution in [1.82, 2.24) is 4.72 Å². The van der Waals surface area contributed by atoms with Crippen molar-refractivity contribution in [2.24, 2.45) is 0 Å². The lowest BCUT2D eigenvalue weighted by Gasteiger charge is -2.16. The van der Waals surface area contributed by atoms with E-state index in [2.05, 4.69) is 10.0 Å². The van der Waals surface area contributed by atoms with Gasteiger partial charge in [0.15, 0.2) is 0 Å². The van der Waals surface area contributed by atoms with Crippen LogP contribution >= 0.6 is 0 Å². The molecule has 102 valence electrons. The van der Waals surface area contributed by atoms with E-state index in [0.29, 0.717) is 6.42 Å². The lowest BCUT2D eigenvalue weighted by Crippen LogP contribution is -2.23. The summed E-state index contributed by atoms with van der Waals surface area (Å²) in [4.78, 5) is -0.134. The molecule has 0 fully saturated rings. The molecule has 0 unspecified atom stereocenters. The standard InChI is InChI=1S/C11H17FN2O3S/c1-3-8(7-15)14-11-5-4-9(6-10(11)12)18(16,17)13-2/h4-6,8,13-15H,3,7H2,1-2H3/t8-/m1/s1. The lowest BCUT2D eigenvalue weighted by atomic mass is 10.2. The van der Waals surface area contributed by atoms with Gasteiger partial charge < -0.3 is 10.4 Å². The monoisotopic (exact) mass is 276 g/mol. The summed E-state index contributed by atoms with van der Waals surface area (Å²) < 4.78 is 38.7. The third kappa shape index (κ3) is 3.41. The molecule has 0 aliphatic rings. The minimum absolute atomic E-state index is 0.119. The molecule has 0 aromatic heterocycles. The molecule has 0 amide bonds. The van der Waals surface area contributed by atoms with E-state index in [1.165, 1.54) is 19.2 Å². The maximum atomic E-state index is 13.7. The molecule has 1 rings (SSSR count). The van der Waals surface area contributed by atoms with Gasteiger partial charge in [-0.1, -0.05) is 6.92 Å². The summed E-state index contributed by atoms with van der Waals surface area (Å²) in [6.45, 7) is 1.73. The number of rotatable bonds is 6. The molecule has 3 N–H and O–H groups in total. The Morgan fingerprint density at radius 1 is 1.44 bits per heavy atom. The predicted octanol–water partition coefficient (Wildman–Crippen LogP) is 0.917. The fourth-order valence-corrected chi connectivity index (χ4v) is 2.14. The molecule has 18 heavy (non-hydrogen) atoms. The summed E-state index contributed by atoms with van der Waals surface area (Å²) in [7, 11) is -2.38. The van der Waals surface area contributed by atoms with E-state index in [1.54, 1.807) is 0 Å². The second kappa shape index (κ2) is 6.12. The van der Waals surface area contributed by atoms with Crippen LogP contribution in [-0.4, -0.2) is 33.2 Å². The molecular formula is C11H17FN2O3S. The second-order valence-corrected chi connectivity index (χ2v) is 5.67. The Bertz CT molecular complexity index is 501. The highest BCUT2D eigenvalue weighted by atomic mass is 32.2. The van der Waals surface area contributed by atoms with Crippen molar-refractivity contribution >= 4 is 15.7 Å². The van der Waals surface area contributed by atoms with Gasteiger partial charge in [0.05, 0.1) is 17.2 Å². The van der Waals surface area contributed by atoms with Gasteiger partial charge >= 0.3 is 0 Å². The highest BCUT2D eigenvalue weighted by molar-refractivity contribution is 7.89. The maximum Gasteiger partial charge on any atom is 0.240 e. The van der Waals surface area contributed by atoms with Crippen LogP contribution in [0.15, 0.2) is 23.1 Å². The summed E-state index contributed by atoms with van der Waals surface area (Å²) >= 11 is 0. The lowest BCUT2D eigenvalue weighted by molar-refractivity contribution is 0.271. The number of anilines is 1.